The molecule has 1 unspecified atom stereocenters. The van der Waals surface area contributed by atoms with Crippen LogP contribution in [-0.2, 0) is 18.4 Å². The Kier molecular flexibility index (Phi) is 11.4. The maximum atomic E-state index is 11.6. The molecular weight excluding hydrogens is 331 g/mol. The third-order valence-electron chi connectivity index (χ3n) is 3.27. The molecule has 0 aromatic heterocycles. The minimum absolute atomic E-state index is 0.104. The molecule has 0 aliphatic carbocycles. The second kappa shape index (κ2) is 11.8. The molecule has 8 heteroatoms. The third-order valence-corrected chi connectivity index (χ3v) is 4.28. The van der Waals surface area contributed by atoms with Gasteiger partial charge in [-0.05, 0) is 19.8 Å². The van der Waals surface area contributed by atoms with Crippen molar-refractivity contribution in [2.24, 2.45) is 0 Å². The molecule has 0 aliphatic heterocycles. The quantitative estimate of drug-likeness (QED) is 0.214. The number of unbranched alkanes of at least 4 members (excludes halogenated alkanes) is 4. The van der Waals surface area contributed by atoms with Crippen molar-refractivity contribution >= 4 is 13.7 Å². The van der Waals surface area contributed by atoms with Crippen molar-refractivity contribution in [3.63, 3.8) is 0 Å². The lowest BCUT2D eigenvalue weighted by Gasteiger charge is -2.24. The van der Waals surface area contributed by atoms with Gasteiger partial charge in [0.2, 0.25) is 5.91 Å². The highest BCUT2D eigenvalue weighted by atomic mass is 31.2. The van der Waals surface area contributed by atoms with Gasteiger partial charge in [0.05, 0.1) is 27.7 Å². The van der Waals surface area contributed by atoms with E-state index in [-0.39, 0.29) is 19.1 Å². The highest BCUT2D eigenvalue weighted by Crippen LogP contribution is 2.43. The normalized spacial score (nSPS) is 14.2. The van der Waals surface area contributed by atoms with Crippen LogP contribution >= 0.6 is 7.82 Å². The Labute approximate surface area is 146 Å². The first-order valence-corrected chi connectivity index (χ1v) is 9.89. The van der Waals surface area contributed by atoms with Crippen molar-refractivity contribution in [1.82, 2.24) is 5.32 Å². The van der Waals surface area contributed by atoms with E-state index >= 15 is 0 Å². The van der Waals surface area contributed by atoms with Crippen molar-refractivity contribution in [3.8, 4) is 0 Å². The van der Waals surface area contributed by atoms with Gasteiger partial charge >= 0.3 is 7.82 Å². The van der Waals surface area contributed by atoms with E-state index in [1.807, 2.05) is 21.1 Å². The summed E-state index contributed by atoms with van der Waals surface area (Å²) in [7, 11) is 2.02. The number of nitrogens with one attached hydrogen (secondary N) is 1. The largest absolute Gasteiger partial charge is 0.472 e. The second-order valence-corrected chi connectivity index (χ2v) is 8.41. The van der Waals surface area contributed by atoms with Gasteiger partial charge in [-0.25, -0.2) is 4.57 Å². The van der Waals surface area contributed by atoms with Crippen molar-refractivity contribution in [1.29, 1.82) is 0 Å². The van der Waals surface area contributed by atoms with Crippen molar-refractivity contribution in [2.45, 2.75) is 39.0 Å². The predicted molar refractivity (Wildman–Crippen MR) is 95.5 cm³/mol. The maximum Gasteiger partial charge on any atom is 0.472 e. The fourth-order valence-corrected chi connectivity index (χ4v) is 2.50. The zero-order valence-electron chi connectivity index (χ0n) is 15.5. The number of amides is 1. The van der Waals surface area contributed by atoms with E-state index in [2.05, 4.69) is 11.9 Å². The Hall–Kier alpha value is -0.720. The number of carbonyl (C=O) groups excluding carboxylic acids is 1. The number of carbonyl (C=O) groups is 1. The molecule has 0 aliphatic rings. The summed E-state index contributed by atoms with van der Waals surface area (Å²) in [6.45, 7) is 6.94. The number of rotatable bonds is 14. The Morgan fingerprint density at radius 2 is 1.62 bits per heavy atom. The van der Waals surface area contributed by atoms with Crippen LogP contribution in [0.4, 0.5) is 0 Å². The van der Waals surface area contributed by atoms with Gasteiger partial charge in [0.1, 0.15) is 13.2 Å². The number of quaternary nitrogens is 1. The SMILES string of the molecule is C=C(C)C(=O)NCCCCCCCOP(=O)(O)OCC[N+](C)(C)C. The molecule has 7 nitrogen and oxygen atoms in total. The first kappa shape index (κ1) is 23.3. The van der Waals surface area contributed by atoms with E-state index in [1.165, 1.54) is 0 Å². The molecule has 0 rings (SSSR count). The molecule has 0 bridgehead atoms. The Morgan fingerprint density at radius 1 is 1.08 bits per heavy atom. The average Bonchev–Trinajstić information content (AvgIpc) is 2.43. The summed E-state index contributed by atoms with van der Waals surface area (Å²) in [6, 6.07) is 0. The minimum Gasteiger partial charge on any atom is -0.352 e. The molecule has 0 spiro atoms. The number of phosphoric ester groups is 1. The van der Waals surface area contributed by atoms with Gasteiger partial charge in [-0.1, -0.05) is 25.8 Å². The van der Waals surface area contributed by atoms with Gasteiger partial charge in [0.15, 0.2) is 0 Å². The maximum absolute atomic E-state index is 11.6. The van der Waals surface area contributed by atoms with Gasteiger partial charge in [-0.2, -0.15) is 0 Å². The average molecular weight is 365 g/mol. The van der Waals surface area contributed by atoms with Gasteiger partial charge in [-0.15, -0.1) is 0 Å². The summed E-state index contributed by atoms with van der Waals surface area (Å²) in [6.07, 6.45) is 4.51. The first-order chi connectivity index (χ1) is 11.0. The lowest BCUT2D eigenvalue weighted by Crippen LogP contribution is -2.37. The number of likely N-dealkylation sites (N-methyl/N-ethyl adjacent to an activating group) is 1. The Balaban J connectivity index is 3.53. The van der Waals surface area contributed by atoms with Crippen LogP contribution in [0.1, 0.15) is 39.0 Å². The summed E-state index contributed by atoms with van der Waals surface area (Å²) >= 11 is 0. The highest BCUT2D eigenvalue weighted by molar-refractivity contribution is 7.47. The van der Waals surface area contributed by atoms with Crippen LogP contribution in [0.25, 0.3) is 0 Å². The number of phosphoric acid groups is 1. The molecule has 1 amide bonds. The van der Waals surface area contributed by atoms with Crippen LogP contribution in [0.3, 0.4) is 0 Å². The Bertz CT molecular complexity index is 435. The molecule has 0 saturated heterocycles. The standard InChI is InChI=1S/C16H33N2O5P/c1-15(2)16(19)17-11-9-7-6-8-10-13-22-24(20,21)23-14-12-18(3,4)5/h1,6-14H2,2-5H3,(H-,17,19,20,21)/p+1. The van der Waals surface area contributed by atoms with Gasteiger partial charge in [0.25, 0.3) is 0 Å². The number of nitrogens with zero attached hydrogens (tertiary/aromatic N) is 1. The summed E-state index contributed by atoms with van der Waals surface area (Å²) in [5.41, 5.74) is 0.518. The molecule has 0 aromatic rings. The van der Waals surface area contributed by atoms with E-state index in [0.29, 0.717) is 29.6 Å². The van der Waals surface area contributed by atoms with Crippen LogP contribution in [0, 0.1) is 0 Å². The lowest BCUT2D eigenvalue weighted by atomic mass is 10.1. The van der Waals surface area contributed by atoms with Gasteiger partial charge < -0.3 is 14.7 Å². The number of hydrogen-bond donors (Lipinski definition) is 2. The highest BCUT2D eigenvalue weighted by Gasteiger charge is 2.21. The summed E-state index contributed by atoms with van der Waals surface area (Å²) < 4.78 is 22.2. The van der Waals surface area contributed by atoms with E-state index in [4.69, 9.17) is 9.05 Å². The second-order valence-electron chi connectivity index (χ2n) is 6.95. The fraction of sp³-hybridized carbons (Fsp3) is 0.812. The summed E-state index contributed by atoms with van der Waals surface area (Å²) in [4.78, 5) is 20.8. The molecule has 0 radical (unpaired) electrons. The minimum atomic E-state index is -3.93. The van der Waals surface area contributed by atoms with E-state index < -0.39 is 7.82 Å². The van der Waals surface area contributed by atoms with Crippen LogP contribution < -0.4 is 5.32 Å². The van der Waals surface area contributed by atoms with Crippen molar-refractivity contribution in [2.75, 3.05) is 47.4 Å². The molecule has 2 N–H and O–H groups in total. The molecular formula is C16H34N2O5P+. The summed E-state index contributed by atoms with van der Waals surface area (Å²) in [5, 5.41) is 2.78. The van der Waals surface area contributed by atoms with Crippen LogP contribution in [-0.4, -0.2) is 62.7 Å². The smallest absolute Gasteiger partial charge is 0.352 e. The fourth-order valence-electron chi connectivity index (χ4n) is 1.76. The first-order valence-electron chi connectivity index (χ1n) is 8.39. The van der Waals surface area contributed by atoms with Gasteiger partial charge in [-0.3, -0.25) is 13.8 Å². The zero-order valence-corrected chi connectivity index (χ0v) is 16.4. The topological polar surface area (TPSA) is 84.9 Å². The van der Waals surface area contributed by atoms with Gasteiger partial charge in [0, 0.05) is 12.1 Å². The zero-order chi connectivity index (χ0) is 18.6. The molecule has 0 fully saturated rings. The molecule has 24 heavy (non-hydrogen) atoms. The third kappa shape index (κ3) is 14.8. The monoisotopic (exact) mass is 365 g/mol. The molecule has 1 atom stereocenters. The van der Waals surface area contributed by atoms with Crippen LogP contribution in [0.2, 0.25) is 0 Å². The summed E-state index contributed by atoms with van der Waals surface area (Å²) in [5.74, 6) is -0.104. The van der Waals surface area contributed by atoms with E-state index in [0.717, 1.165) is 25.7 Å². The van der Waals surface area contributed by atoms with Crippen LogP contribution in [0.15, 0.2) is 12.2 Å². The molecule has 0 heterocycles. The van der Waals surface area contributed by atoms with Crippen molar-refractivity contribution in [3.05, 3.63) is 12.2 Å². The molecule has 142 valence electrons. The van der Waals surface area contributed by atoms with Crippen LogP contribution in [0.5, 0.6) is 0 Å². The lowest BCUT2D eigenvalue weighted by molar-refractivity contribution is -0.870. The van der Waals surface area contributed by atoms with E-state index in [9.17, 15) is 14.3 Å². The molecule has 0 saturated carbocycles. The predicted octanol–water partition coefficient (Wildman–Crippen LogP) is 2.47. The molecule has 0 aromatic carbocycles. The number of hydrogen-bond acceptors (Lipinski definition) is 4. The van der Waals surface area contributed by atoms with Crippen molar-refractivity contribution < 1.29 is 27.8 Å². The van der Waals surface area contributed by atoms with E-state index in [1.54, 1.807) is 6.92 Å². The Morgan fingerprint density at radius 3 is 2.21 bits per heavy atom.